The highest BCUT2D eigenvalue weighted by Crippen LogP contribution is 2.26. The number of fused-ring (bicyclic) bond motifs is 1. The lowest BCUT2D eigenvalue weighted by Crippen LogP contribution is -2.52. The van der Waals surface area contributed by atoms with Crippen LogP contribution in [0.1, 0.15) is 45.1 Å². The van der Waals surface area contributed by atoms with E-state index in [0.717, 1.165) is 61.2 Å². The van der Waals surface area contributed by atoms with Gasteiger partial charge in [-0.1, -0.05) is 51.0 Å². The number of ether oxygens (including phenoxy) is 2. The molecule has 1 fully saturated rings. The molecule has 0 bridgehead atoms. The van der Waals surface area contributed by atoms with Gasteiger partial charge in [-0.3, -0.25) is 9.69 Å². The van der Waals surface area contributed by atoms with Gasteiger partial charge in [0.05, 0.1) is 26.2 Å². The zero-order valence-corrected chi connectivity index (χ0v) is 18.8. The third-order valence-electron chi connectivity index (χ3n) is 6.56. The van der Waals surface area contributed by atoms with Gasteiger partial charge in [-0.05, 0) is 41.3 Å². The first-order valence-corrected chi connectivity index (χ1v) is 11.2. The number of methoxy groups -OCH3 is 1. The van der Waals surface area contributed by atoms with E-state index in [1.165, 1.54) is 0 Å². The van der Waals surface area contributed by atoms with Gasteiger partial charge in [-0.15, -0.1) is 0 Å². The second-order valence-electron chi connectivity index (χ2n) is 8.23. The van der Waals surface area contributed by atoms with Crippen molar-refractivity contribution in [2.45, 2.75) is 45.6 Å². The number of nitrogens with one attached hydrogen (secondary N) is 1. The van der Waals surface area contributed by atoms with Crippen molar-refractivity contribution in [2.24, 2.45) is 5.92 Å². The quantitative estimate of drug-likeness (QED) is 0.670. The molecule has 164 valence electrons. The van der Waals surface area contributed by atoms with Crippen molar-refractivity contribution < 1.29 is 14.3 Å². The Balaban J connectivity index is 1.67. The lowest BCUT2D eigenvalue weighted by atomic mass is 9.92. The number of hydrogen-bond donors (Lipinski definition) is 1. The van der Waals surface area contributed by atoms with Crippen molar-refractivity contribution in [3.63, 3.8) is 0 Å². The smallest absolute Gasteiger partial charge is 0.227 e. The molecule has 30 heavy (non-hydrogen) atoms. The maximum Gasteiger partial charge on any atom is 0.227 e. The zero-order valence-electron chi connectivity index (χ0n) is 18.8. The second kappa shape index (κ2) is 10.8. The first-order valence-electron chi connectivity index (χ1n) is 11.2. The molecule has 0 unspecified atom stereocenters. The minimum Gasteiger partial charge on any atom is -0.497 e. The van der Waals surface area contributed by atoms with Crippen LogP contribution < -0.4 is 10.1 Å². The van der Waals surface area contributed by atoms with Crippen molar-refractivity contribution in [1.29, 1.82) is 0 Å². The van der Waals surface area contributed by atoms with Crippen LogP contribution in [-0.4, -0.2) is 56.8 Å². The van der Waals surface area contributed by atoms with Gasteiger partial charge in [0.15, 0.2) is 0 Å². The van der Waals surface area contributed by atoms with Gasteiger partial charge in [0, 0.05) is 25.7 Å². The van der Waals surface area contributed by atoms with E-state index in [1.54, 1.807) is 7.11 Å². The van der Waals surface area contributed by atoms with Crippen molar-refractivity contribution in [3.8, 4) is 5.75 Å². The Hall–Kier alpha value is -2.11. The van der Waals surface area contributed by atoms with Crippen molar-refractivity contribution in [1.82, 2.24) is 10.2 Å². The largest absolute Gasteiger partial charge is 0.497 e. The summed E-state index contributed by atoms with van der Waals surface area (Å²) in [5.74, 6) is 1.32. The number of nitrogens with zero attached hydrogens (tertiary/aromatic N) is 1. The highest BCUT2D eigenvalue weighted by molar-refractivity contribution is 5.88. The van der Waals surface area contributed by atoms with Gasteiger partial charge in [0.25, 0.3) is 0 Å². The predicted octanol–water partition coefficient (Wildman–Crippen LogP) is 4.21. The van der Waals surface area contributed by atoms with Gasteiger partial charge in [0.1, 0.15) is 5.75 Å². The summed E-state index contributed by atoms with van der Waals surface area (Å²) in [6, 6.07) is 12.6. The molecule has 0 radical (unpaired) electrons. The van der Waals surface area contributed by atoms with E-state index < -0.39 is 0 Å². The molecule has 2 aromatic carbocycles. The maximum absolute atomic E-state index is 13.0. The average molecular weight is 413 g/mol. The van der Waals surface area contributed by atoms with E-state index in [9.17, 15) is 4.79 Å². The number of carbonyl (C=O) groups is 1. The molecule has 2 atom stereocenters. The van der Waals surface area contributed by atoms with Crippen LogP contribution in [0.15, 0.2) is 36.4 Å². The molecule has 1 aliphatic rings. The number of carbonyl (C=O) groups excluding carboxylic acids is 1. The van der Waals surface area contributed by atoms with Crippen LogP contribution in [0.2, 0.25) is 0 Å². The standard InChI is InChI=1S/C25H36N2O3/c1-5-19(6-2)24(27-11-13-30-14-12-27)17-26-25(28)18(3)20-7-8-22-16-23(29-4)10-9-21(22)15-20/h7-10,15-16,18-19,24H,5-6,11-14,17H2,1-4H3,(H,26,28)/t18-,24-/m0/s1. The summed E-state index contributed by atoms with van der Waals surface area (Å²) in [5.41, 5.74) is 1.04. The monoisotopic (exact) mass is 412 g/mol. The minimum atomic E-state index is -0.191. The predicted molar refractivity (Wildman–Crippen MR) is 122 cm³/mol. The summed E-state index contributed by atoms with van der Waals surface area (Å²) < 4.78 is 10.8. The first kappa shape index (κ1) is 22.6. The Bertz CT molecular complexity index is 828. The van der Waals surface area contributed by atoms with Crippen molar-refractivity contribution in [3.05, 3.63) is 42.0 Å². The maximum atomic E-state index is 13.0. The van der Waals surface area contributed by atoms with Crippen LogP contribution in [0.25, 0.3) is 10.8 Å². The lowest BCUT2D eigenvalue weighted by molar-refractivity contribution is -0.122. The van der Waals surface area contributed by atoms with E-state index >= 15 is 0 Å². The lowest BCUT2D eigenvalue weighted by Gasteiger charge is -2.39. The van der Waals surface area contributed by atoms with Crippen LogP contribution in [0.3, 0.4) is 0 Å². The van der Waals surface area contributed by atoms with Crippen LogP contribution in [0.4, 0.5) is 0 Å². The van der Waals surface area contributed by atoms with Gasteiger partial charge in [-0.2, -0.15) is 0 Å². The van der Waals surface area contributed by atoms with E-state index in [4.69, 9.17) is 9.47 Å². The molecule has 0 aromatic heterocycles. The molecule has 0 saturated carbocycles. The SMILES string of the molecule is CCC(CC)[C@H](CNC(=O)[C@@H](C)c1ccc2cc(OC)ccc2c1)N1CCOCC1. The molecule has 3 rings (SSSR count). The first-order chi connectivity index (χ1) is 14.6. The molecule has 5 heteroatoms. The van der Waals surface area contributed by atoms with Crippen LogP contribution in [0.5, 0.6) is 5.75 Å². The van der Waals surface area contributed by atoms with Crippen LogP contribution in [-0.2, 0) is 9.53 Å². The molecular formula is C25H36N2O3. The second-order valence-corrected chi connectivity index (χ2v) is 8.23. The number of morpholine rings is 1. The molecule has 1 N–H and O–H groups in total. The average Bonchev–Trinajstić information content (AvgIpc) is 2.80. The Morgan fingerprint density at radius 1 is 1.10 bits per heavy atom. The topological polar surface area (TPSA) is 50.8 Å². The van der Waals surface area contributed by atoms with Crippen LogP contribution >= 0.6 is 0 Å². The van der Waals surface area contributed by atoms with Crippen molar-refractivity contribution in [2.75, 3.05) is 40.0 Å². The molecule has 1 heterocycles. The Morgan fingerprint density at radius 2 is 1.77 bits per heavy atom. The third-order valence-corrected chi connectivity index (χ3v) is 6.56. The number of benzene rings is 2. The van der Waals surface area contributed by atoms with Gasteiger partial charge >= 0.3 is 0 Å². The highest BCUT2D eigenvalue weighted by Gasteiger charge is 2.28. The molecule has 0 aliphatic carbocycles. The van der Waals surface area contributed by atoms with Crippen LogP contribution in [0, 0.1) is 5.92 Å². The molecule has 1 saturated heterocycles. The minimum absolute atomic E-state index is 0.0899. The fraction of sp³-hybridized carbons (Fsp3) is 0.560. The molecule has 1 amide bonds. The zero-order chi connectivity index (χ0) is 21.5. The fourth-order valence-corrected chi connectivity index (χ4v) is 4.48. The molecular weight excluding hydrogens is 376 g/mol. The van der Waals surface area contributed by atoms with Gasteiger partial charge in [-0.25, -0.2) is 0 Å². The normalized spacial score (nSPS) is 17.1. The Morgan fingerprint density at radius 3 is 2.43 bits per heavy atom. The number of rotatable bonds is 9. The van der Waals surface area contributed by atoms with E-state index in [0.29, 0.717) is 18.5 Å². The van der Waals surface area contributed by atoms with E-state index in [-0.39, 0.29) is 11.8 Å². The molecule has 0 spiro atoms. The molecule has 5 nitrogen and oxygen atoms in total. The molecule has 1 aliphatic heterocycles. The van der Waals surface area contributed by atoms with Gasteiger partial charge in [0.2, 0.25) is 5.91 Å². The van der Waals surface area contributed by atoms with E-state index in [1.807, 2.05) is 31.2 Å². The van der Waals surface area contributed by atoms with E-state index in [2.05, 4.69) is 36.2 Å². The fourth-order valence-electron chi connectivity index (χ4n) is 4.48. The number of hydrogen-bond acceptors (Lipinski definition) is 4. The summed E-state index contributed by atoms with van der Waals surface area (Å²) in [6.07, 6.45) is 2.25. The van der Waals surface area contributed by atoms with Crippen molar-refractivity contribution >= 4 is 16.7 Å². The summed E-state index contributed by atoms with van der Waals surface area (Å²) in [5, 5.41) is 5.49. The Labute approximate surface area is 180 Å². The Kier molecular flexibility index (Phi) is 8.11. The summed E-state index contributed by atoms with van der Waals surface area (Å²) in [4.78, 5) is 15.5. The summed E-state index contributed by atoms with van der Waals surface area (Å²) in [7, 11) is 1.67. The highest BCUT2D eigenvalue weighted by atomic mass is 16.5. The summed E-state index contributed by atoms with van der Waals surface area (Å²) >= 11 is 0. The third kappa shape index (κ3) is 5.32. The van der Waals surface area contributed by atoms with Gasteiger partial charge < -0.3 is 14.8 Å². The summed E-state index contributed by atoms with van der Waals surface area (Å²) in [6.45, 7) is 10.6. The number of amides is 1. The molecule has 2 aromatic rings.